The van der Waals surface area contributed by atoms with Crippen LogP contribution in [0.15, 0.2) is 30.3 Å². The highest BCUT2D eigenvalue weighted by molar-refractivity contribution is 5.85. The lowest BCUT2D eigenvalue weighted by atomic mass is 10.1. The number of hydrogen-bond donors (Lipinski definition) is 1. The molecule has 0 amide bonds. The van der Waals surface area contributed by atoms with Crippen LogP contribution in [0.3, 0.4) is 0 Å². The van der Waals surface area contributed by atoms with E-state index in [-0.39, 0.29) is 12.4 Å². The SMILES string of the molecule is Cl.c1ccc2nc(N3CCCCC3)c(CN3CCC(N4CCNCC4)C3)cc2c1. The maximum Gasteiger partial charge on any atom is 0.133 e. The van der Waals surface area contributed by atoms with Crippen molar-refractivity contribution in [1.29, 1.82) is 0 Å². The summed E-state index contributed by atoms with van der Waals surface area (Å²) in [6.07, 6.45) is 5.25. The quantitative estimate of drug-likeness (QED) is 0.829. The van der Waals surface area contributed by atoms with Crippen LogP contribution in [0.25, 0.3) is 10.9 Å². The van der Waals surface area contributed by atoms with Crippen molar-refractivity contribution in [3.05, 3.63) is 35.9 Å². The van der Waals surface area contributed by atoms with Crippen molar-refractivity contribution in [2.75, 3.05) is 57.3 Å². The standard InChI is InChI=1S/C23H33N5.ClH/c1-4-11-28(12-5-1)23-20(16-19-6-2-3-7-22(19)25-23)17-26-13-8-21(18-26)27-14-9-24-10-15-27;/h2-3,6-7,16,21,24H,1,4-5,8-15,17-18H2;1H. The van der Waals surface area contributed by atoms with Crippen molar-refractivity contribution in [2.24, 2.45) is 0 Å². The molecule has 5 nitrogen and oxygen atoms in total. The molecule has 158 valence electrons. The Kier molecular flexibility index (Phi) is 6.91. The van der Waals surface area contributed by atoms with Gasteiger partial charge in [0.05, 0.1) is 5.52 Å². The first-order chi connectivity index (χ1) is 13.9. The van der Waals surface area contributed by atoms with E-state index in [0.29, 0.717) is 0 Å². The number of pyridine rings is 1. The molecule has 1 unspecified atom stereocenters. The second kappa shape index (κ2) is 9.61. The fraction of sp³-hybridized carbons (Fsp3) is 0.609. The molecule has 2 aromatic rings. The highest BCUT2D eigenvalue weighted by Gasteiger charge is 2.29. The van der Waals surface area contributed by atoms with Crippen molar-refractivity contribution in [1.82, 2.24) is 20.1 Å². The molecule has 1 N–H and O–H groups in total. The fourth-order valence-electron chi connectivity index (χ4n) is 5.19. The van der Waals surface area contributed by atoms with Crippen molar-refractivity contribution in [2.45, 2.75) is 38.3 Å². The van der Waals surface area contributed by atoms with E-state index in [1.807, 2.05) is 0 Å². The third-order valence-electron chi connectivity index (χ3n) is 6.75. The highest BCUT2D eigenvalue weighted by Crippen LogP contribution is 2.29. The molecule has 6 heteroatoms. The molecule has 1 aromatic carbocycles. The van der Waals surface area contributed by atoms with Gasteiger partial charge in [0.25, 0.3) is 0 Å². The lowest BCUT2D eigenvalue weighted by Gasteiger charge is -2.33. The van der Waals surface area contributed by atoms with Gasteiger partial charge in [-0.3, -0.25) is 9.80 Å². The van der Waals surface area contributed by atoms with Crippen LogP contribution in [0.5, 0.6) is 0 Å². The second-order valence-electron chi connectivity index (χ2n) is 8.68. The zero-order chi connectivity index (χ0) is 18.8. The largest absolute Gasteiger partial charge is 0.356 e. The van der Waals surface area contributed by atoms with Gasteiger partial charge in [0.1, 0.15) is 5.82 Å². The zero-order valence-corrected chi connectivity index (χ0v) is 18.2. The maximum atomic E-state index is 5.13. The summed E-state index contributed by atoms with van der Waals surface area (Å²) < 4.78 is 0. The summed E-state index contributed by atoms with van der Waals surface area (Å²) in [5.74, 6) is 1.24. The molecule has 0 bridgehead atoms. The van der Waals surface area contributed by atoms with Crippen molar-refractivity contribution in [3.63, 3.8) is 0 Å². The van der Waals surface area contributed by atoms with Gasteiger partial charge in [0.15, 0.2) is 0 Å². The molecule has 3 aliphatic rings. The molecular formula is C23H34ClN5. The molecule has 5 rings (SSSR count). The lowest BCUT2D eigenvalue weighted by molar-refractivity contribution is 0.170. The Morgan fingerprint density at radius 1 is 0.966 bits per heavy atom. The first-order valence-electron chi connectivity index (χ1n) is 11.2. The van der Waals surface area contributed by atoms with E-state index in [9.17, 15) is 0 Å². The van der Waals surface area contributed by atoms with E-state index < -0.39 is 0 Å². The smallest absolute Gasteiger partial charge is 0.133 e. The Bertz CT molecular complexity index is 801. The number of aromatic nitrogens is 1. The van der Waals surface area contributed by atoms with Crippen LogP contribution in [0, 0.1) is 0 Å². The lowest BCUT2D eigenvalue weighted by Crippen LogP contribution is -2.49. The number of fused-ring (bicyclic) bond motifs is 1. The number of piperidine rings is 1. The average molecular weight is 416 g/mol. The summed E-state index contributed by atoms with van der Waals surface area (Å²) in [4.78, 5) is 13.0. The van der Waals surface area contributed by atoms with Crippen molar-refractivity contribution in [3.8, 4) is 0 Å². The fourth-order valence-corrected chi connectivity index (χ4v) is 5.19. The first kappa shape index (κ1) is 20.9. The third kappa shape index (κ3) is 4.69. The molecule has 0 saturated carbocycles. The molecule has 1 atom stereocenters. The topological polar surface area (TPSA) is 34.6 Å². The van der Waals surface area contributed by atoms with Gasteiger partial charge in [0.2, 0.25) is 0 Å². The zero-order valence-electron chi connectivity index (χ0n) is 17.4. The van der Waals surface area contributed by atoms with Crippen molar-refractivity contribution >= 4 is 29.1 Å². The number of hydrogen-bond acceptors (Lipinski definition) is 5. The van der Waals surface area contributed by atoms with Crippen LogP contribution in [0.2, 0.25) is 0 Å². The predicted molar refractivity (Wildman–Crippen MR) is 123 cm³/mol. The summed E-state index contributed by atoms with van der Waals surface area (Å²) in [5, 5.41) is 4.76. The van der Waals surface area contributed by atoms with Crippen LogP contribution in [0.4, 0.5) is 5.82 Å². The Labute approximate surface area is 180 Å². The van der Waals surface area contributed by atoms with E-state index in [1.165, 1.54) is 68.6 Å². The number of para-hydroxylation sites is 1. The number of nitrogens with one attached hydrogen (secondary N) is 1. The number of piperazine rings is 1. The first-order valence-corrected chi connectivity index (χ1v) is 11.2. The van der Waals surface area contributed by atoms with Crippen LogP contribution in [0.1, 0.15) is 31.2 Å². The Morgan fingerprint density at radius 3 is 2.59 bits per heavy atom. The minimum atomic E-state index is 0. The molecule has 0 radical (unpaired) electrons. The molecule has 0 aliphatic carbocycles. The molecular weight excluding hydrogens is 382 g/mol. The average Bonchev–Trinajstić information content (AvgIpc) is 3.23. The summed E-state index contributed by atoms with van der Waals surface area (Å²) >= 11 is 0. The van der Waals surface area contributed by atoms with Gasteiger partial charge in [-0.05, 0) is 37.8 Å². The normalized spacial score (nSPS) is 24.0. The molecule has 3 aliphatic heterocycles. The number of benzene rings is 1. The summed E-state index contributed by atoms with van der Waals surface area (Å²) in [6.45, 7) is 10.4. The van der Waals surface area contributed by atoms with E-state index >= 15 is 0 Å². The molecule has 3 saturated heterocycles. The van der Waals surface area contributed by atoms with Crippen molar-refractivity contribution < 1.29 is 0 Å². The third-order valence-corrected chi connectivity index (χ3v) is 6.75. The number of rotatable bonds is 4. The number of halogens is 1. The number of likely N-dealkylation sites (tertiary alicyclic amines) is 1. The van der Waals surface area contributed by atoms with Crippen LogP contribution < -0.4 is 10.2 Å². The molecule has 4 heterocycles. The van der Waals surface area contributed by atoms with Gasteiger partial charge in [-0.1, -0.05) is 18.2 Å². The Balaban J connectivity index is 0.00000205. The monoisotopic (exact) mass is 415 g/mol. The van der Waals surface area contributed by atoms with E-state index in [4.69, 9.17) is 4.98 Å². The minimum Gasteiger partial charge on any atom is -0.356 e. The van der Waals surface area contributed by atoms with E-state index in [1.54, 1.807) is 0 Å². The molecule has 3 fully saturated rings. The Hall–Kier alpha value is -1.40. The number of anilines is 1. The van der Waals surface area contributed by atoms with Crippen LogP contribution in [-0.2, 0) is 6.54 Å². The summed E-state index contributed by atoms with van der Waals surface area (Å²) in [7, 11) is 0. The van der Waals surface area contributed by atoms with Gasteiger partial charge in [-0.15, -0.1) is 12.4 Å². The van der Waals surface area contributed by atoms with E-state index in [2.05, 4.69) is 50.3 Å². The minimum absolute atomic E-state index is 0. The van der Waals surface area contributed by atoms with Crippen LogP contribution >= 0.6 is 12.4 Å². The Morgan fingerprint density at radius 2 is 1.76 bits per heavy atom. The van der Waals surface area contributed by atoms with Gasteiger partial charge in [-0.25, -0.2) is 4.98 Å². The van der Waals surface area contributed by atoms with E-state index in [0.717, 1.165) is 44.3 Å². The molecule has 0 spiro atoms. The summed E-state index contributed by atoms with van der Waals surface area (Å²) in [6, 6.07) is 11.7. The van der Waals surface area contributed by atoms with Crippen LogP contribution in [-0.4, -0.2) is 73.2 Å². The van der Waals surface area contributed by atoms with Gasteiger partial charge < -0.3 is 10.2 Å². The van der Waals surface area contributed by atoms with Gasteiger partial charge in [0, 0.05) is 75.9 Å². The predicted octanol–water partition coefficient (Wildman–Crippen LogP) is 3.13. The summed E-state index contributed by atoms with van der Waals surface area (Å²) in [5.41, 5.74) is 2.55. The van der Waals surface area contributed by atoms with Gasteiger partial charge >= 0.3 is 0 Å². The second-order valence-corrected chi connectivity index (χ2v) is 8.68. The van der Waals surface area contributed by atoms with Gasteiger partial charge in [-0.2, -0.15) is 0 Å². The highest BCUT2D eigenvalue weighted by atomic mass is 35.5. The molecule has 29 heavy (non-hydrogen) atoms. The number of nitrogens with zero attached hydrogens (tertiary/aromatic N) is 4. The maximum absolute atomic E-state index is 5.13. The molecule has 1 aromatic heterocycles.